The first-order valence-corrected chi connectivity index (χ1v) is 9.24. The molecular weight excluding hydrogens is 318 g/mol. The Kier molecular flexibility index (Phi) is 4.40. The molecule has 5 nitrogen and oxygen atoms in total. The van der Waals surface area contributed by atoms with E-state index in [2.05, 4.69) is 39.8 Å². The summed E-state index contributed by atoms with van der Waals surface area (Å²) in [4.78, 5) is 17.6. The molecule has 1 aliphatic rings. The van der Waals surface area contributed by atoms with Gasteiger partial charge in [-0.1, -0.05) is 6.07 Å². The van der Waals surface area contributed by atoms with Crippen LogP contribution in [0.4, 0.5) is 5.82 Å². The lowest BCUT2D eigenvalue weighted by atomic mass is 9.96. The minimum absolute atomic E-state index is 0.438. The summed E-state index contributed by atoms with van der Waals surface area (Å²) in [5.74, 6) is 2.31. The molecule has 0 aliphatic carbocycles. The van der Waals surface area contributed by atoms with Crippen LogP contribution in [0.3, 0.4) is 0 Å². The van der Waals surface area contributed by atoms with Crippen LogP contribution < -0.4 is 5.32 Å². The fraction of sp³-hybridized carbons (Fsp3) is 0.389. The third-order valence-electron chi connectivity index (χ3n) is 4.61. The van der Waals surface area contributed by atoms with Crippen LogP contribution >= 0.6 is 11.3 Å². The van der Waals surface area contributed by atoms with Gasteiger partial charge in [0.1, 0.15) is 11.6 Å². The summed E-state index contributed by atoms with van der Waals surface area (Å²) in [6.07, 6.45) is 5.88. The van der Waals surface area contributed by atoms with Crippen molar-refractivity contribution in [1.82, 2.24) is 19.9 Å². The van der Waals surface area contributed by atoms with Crippen molar-refractivity contribution >= 4 is 28.1 Å². The molecule has 3 aromatic rings. The molecule has 0 unspecified atom stereocenters. The van der Waals surface area contributed by atoms with Gasteiger partial charge in [0, 0.05) is 22.4 Å². The Morgan fingerprint density at radius 1 is 1.25 bits per heavy atom. The minimum atomic E-state index is 0.438. The number of anilines is 1. The van der Waals surface area contributed by atoms with Crippen molar-refractivity contribution in [1.29, 1.82) is 0 Å². The molecule has 0 aromatic carbocycles. The number of aromatic nitrogens is 3. The van der Waals surface area contributed by atoms with Crippen molar-refractivity contribution in [2.45, 2.75) is 25.3 Å². The SMILES string of the molecule is CN1CCC(c2nc(NCc3cccs3)c3ccncc3n2)CC1. The van der Waals surface area contributed by atoms with Gasteiger partial charge in [0.25, 0.3) is 0 Å². The van der Waals surface area contributed by atoms with E-state index in [1.165, 1.54) is 4.88 Å². The molecule has 0 spiro atoms. The molecule has 24 heavy (non-hydrogen) atoms. The summed E-state index contributed by atoms with van der Waals surface area (Å²) in [7, 11) is 2.18. The molecule has 4 heterocycles. The molecule has 6 heteroatoms. The highest BCUT2D eigenvalue weighted by atomic mass is 32.1. The summed E-state index contributed by atoms with van der Waals surface area (Å²) in [6, 6.07) is 6.21. The van der Waals surface area contributed by atoms with E-state index in [9.17, 15) is 0 Å². The first kappa shape index (κ1) is 15.5. The summed E-state index contributed by atoms with van der Waals surface area (Å²) in [6.45, 7) is 3.01. The zero-order valence-electron chi connectivity index (χ0n) is 13.8. The lowest BCUT2D eigenvalue weighted by molar-refractivity contribution is 0.251. The summed E-state index contributed by atoms with van der Waals surface area (Å²) < 4.78 is 0. The van der Waals surface area contributed by atoms with Gasteiger partial charge in [0.05, 0.1) is 18.3 Å². The van der Waals surface area contributed by atoms with Gasteiger partial charge in [-0.2, -0.15) is 0 Å². The van der Waals surface area contributed by atoms with Gasteiger partial charge in [0.2, 0.25) is 0 Å². The lowest BCUT2D eigenvalue weighted by Gasteiger charge is -2.28. The molecule has 0 saturated carbocycles. The maximum atomic E-state index is 4.89. The van der Waals surface area contributed by atoms with E-state index < -0.39 is 0 Å². The normalized spacial score (nSPS) is 16.5. The molecule has 1 fully saturated rings. The number of nitrogens with one attached hydrogen (secondary N) is 1. The average Bonchev–Trinajstić information content (AvgIpc) is 3.13. The largest absolute Gasteiger partial charge is 0.365 e. The van der Waals surface area contributed by atoms with Crippen LogP contribution in [0.25, 0.3) is 10.9 Å². The van der Waals surface area contributed by atoms with E-state index in [1.54, 1.807) is 17.5 Å². The number of nitrogens with zero attached hydrogens (tertiary/aromatic N) is 4. The van der Waals surface area contributed by atoms with Crippen molar-refractivity contribution in [2.75, 3.05) is 25.5 Å². The Balaban J connectivity index is 1.65. The van der Waals surface area contributed by atoms with Crippen LogP contribution in [0.15, 0.2) is 36.0 Å². The van der Waals surface area contributed by atoms with Gasteiger partial charge in [-0.3, -0.25) is 4.98 Å². The lowest BCUT2D eigenvalue weighted by Crippen LogP contribution is -2.30. The number of rotatable bonds is 4. The molecule has 1 N–H and O–H groups in total. The molecular formula is C18H21N5S. The van der Waals surface area contributed by atoms with E-state index in [-0.39, 0.29) is 0 Å². The Bertz CT molecular complexity index is 809. The smallest absolute Gasteiger partial charge is 0.138 e. The maximum absolute atomic E-state index is 4.89. The molecule has 124 valence electrons. The molecule has 1 aliphatic heterocycles. The second kappa shape index (κ2) is 6.83. The second-order valence-corrected chi connectivity index (χ2v) is 7.37. The molecule has 0 bridgehead atoms. The maximum Gasteiger partial charge on any atom is 0.138 e. The Labute approximate surface area is 145 Å². The molecule has 1 saturated heterocycles. The number of piperidine rings is 1. The molecule has 0 atom stereocenters. The van der Waals surface area contributed by atoms with Crippen molar-refractivity contribution in [3.8, 4) is 0 Å². The van der Waals surface area contributed by atoms with Crippen LogP contribution in [0.5, 0.6) is 0 Å². The van der Waals surface area contributed by atoms with Crippen molar-refractivity contribution in [3.63, 3.8) is 0 Å². The quantitative estimate of drug-likeness (QED) is 0.788. The third kappa shape index (κ3) is 3.25. The van der Waals surface area contributed by atoms with E-state index >= 15 is 0 Å². The fourth-order valence-corrected chi connectivity index (χ4v) is 3.81. The van der Waals surface area contributed by atoms with Gasteiger partial charge < -0.3 is 10.2 Å². The number of fused-ring (bicyclic) bond motifs is 1. The first-order valence-electron chi connectivity index (χ1n) is 8.36. The third-order valence-corrected chi connectivity index (χ3v) is 5.49. The van der Waals surface area contributed by atoms with E-state index in [1.807, 2.05) is 12.3 Å². The van der Waals surface area contributed by atoms with Crippen molar-refractivity contribution < 1.29 is 0 Å². The minimum Gasteiger partial charge on any atom is -0.365 e. The number of hydrogen-bond acceptors (Lipinski definition) is 6. The summed E-state index contributed by atoms with van der Waals surface area (Å²) in [5.41, 5.74) is 0.926. The number of thiophene rings is 1. The van der Waals surface area contributed by atoms with Crippen LogP contribution in [0, 0.1) is 0 Å². The number of hydrogen-bond donors (Lipinski definition) is 1. The standard InChI is InChI=1S/C18H21N5S/c1-23-8-5-13(6-9-23)17-21-16-12-19-7-4-15(16)18(22-17)20-11-14-3-2-10-24-14/h2-4,7,10,12-13H,5-6,8-9,11H2,1H3,(H,20,21,22). The van der Waals surface area contributed by atoms with Gasteiger partial charge in [-0.25, -0.2) is 9.97 Å². The van der Waals surface area contributed by atoms with Crippen LogP contribution in [0.1, 0.15) is 29.5 Å². The van der Waals surface area contributed by atoms with Gasteiger partial charge in [0.15, 0.2) is 0 Å². The zero-order chi connectivity index (χ0) is 16.4. The van der Waals surface area contributed by atoms with Crippen LogP contribution in [-0.2, 0) is 6.54 Å². The molecule has 4 rings (SSSR count). The molecule has 0 amide bonds. The highest BCUT2D eigenvalue weighted by Gasteiger charge is 2.22. The van der Waals surface area contributed by atoms with Crippen LogP contribution in [0.2, 0.25) is 0 Å². The Morgan fingerprint density at radius 2 is 2.12 bits per heavy atom. The van der Waals surface area contributed by atoms with Gasteiger partial charge in [-0.15, -0.1) is 11.3 Å². The Morgan fingerprint density at radius 3 is 2.92 bits per heavy atom. The summed E-state index contributed by atoms with van der Waals surface area (Å²) in [5, 5.41) is 6.64. The predicted octanol–water partition coefficient (Wildman–Crippen LogP) is 3.51. The molecule has 0 radical (unpaired) electrons. The van der Waals surface area contributed by atoms with Gasteiger partial charge in [-0.05, 0) is 50.5 Å². The number of likely N-dealkylation sites (tertiary alicyclic amines) is 1. The Hall–Kier alpha value is -2.05. The molecule has 3 aromatic heterocycles. The first-order chi connectivity index (χ1) is 11.8. The monoisotopic (exact) mass is 339 g/mol. The van der Waals surface area contributed by atoms with Crippen LogP contribution in [-0.4, -0.2) is 40.0 Å². The van der Waals surface area contributed by atoms with Crippen molar-refractivity contribution in [2.24, 2.45) is 0 Å². The second-order valence-electron chi connectivity index (χ2n) is 6.33. The topological polar surface area (TPSA) is 53.9 Å². The zero-order valence-corrected chi connectivity index (χ0v) is 14.6. The summed E-state index contributed by atoms with van der Waals surface area (Å²) >= 11 is 1.76. The highest BCUT2D eigenvalue weighted by Crippen LogP contribution is 2.29. The van der Waals surface area contributed by atoms with E-state index in [0.717, 1.165) is 55.0 Å². The highest BCUT2D eigenvalue weighted by molar-refractivity contribution is 7.09. The van der Waals surface area contributed by atoms with E-state index in [0.29, 0.717) is 5.92 Å². The van der Waals surface area contributed by atoms with Crippen molar-refractivity contribution in [3.05, 3.63) is 46.7 Å². The van der Waals surface area contributed by atoms with Gasteiger partial charge >= 0.3 is 0 Å². The fourth-order valence-electron chi connectivity index (χ4n) is 3.17. The van der Waals surface area contributed by atoms with E-state index in [4.69, 9.17) is 9.97 Å². The average molecular weight is 339 g/mol. The number of pyridine rings is 1. The predicted molar refractivity (Wildman–Crippen MR) is 98.5 cm³/mol.